The van der Waals surface area contributed by atoms with Crippen LogP contribution >= 0.6 is 0 Å². The van der Waals surface area contributed by atoms with Crippen LogP contribution in [-0.4, -0.2) is 40.5 Å². The molecule has 1 unspecified atom stereocenters. The number of hydrogen-bond acceptors (Lipinski definition) is 4. The summed E-state index contributed by atoms with van der Waals surface area (Å²) in [4.78, 5) is 25.5. The Morgan fingerprint density at radius 1 is 1.04 bits per heavy atom. The first-order valence-corrected chi connectivity index (χ1v) is 9.00. The maximum Gasteiger partial charge on any atom is 0.322 e. The number of amides is 2. The number of aromatic nitrogens is 2. The van der Waals surface area contributed by atoms with Crippen LogP contribution in [-0.2, 0) is 0 Å². The first kappa shape index (κ1) is 15.9. The zero-order chi connectivity index (χ0) is 17.1. The number of rotatable bonds is 3. The Morgan fingerprint density at radius 2 is 1.84 bits per heavy atom. The predicted molar refractivity (Wildman–Crippen MR) is 97.6 cm³/mol. The number of pyridine rings is 2. The lowest BCUT2D eigenvalue weighted by atomic mass is 10.1. The maximum atomic E-state index is 12.7. The van der Waals surface area contributed by atoms with Crippen molar-refractivity contribution in [3.8, 4) is 0 Å². The molecule has 0 saturated carbocycles. The third-order valence-corrected chi connectivity index (χ3v) is 5.03. The smallest absolute Gasteiger partial charge is 0.322 e. The van der Waals surface area contributed by atoms with Crippen molar-refractivity contribution in [2.45, 2.75) is 31.7 Å². The van der Waals surface area contributed by atoms with E-state index in [9.17, 15) is 4.79 Å². The molecule has 1 N–H and O–H groups in total. The third kappa shape index (κ3) is 3.43. The molecule has 4 rings (SSSR count). The van der Waals surface area contributed by atoms with Gasteiger partial charge >= 0.3 is 6.03 Å². The molecule has 0 aliphatic carbocycles. The van der Waals surface area contributed by atoms with Crippen LogP contribution in [0.5, 0.6) is 0 Å². The first-order chi connectivity index (χ1) is 12.3. The minimum Gasteiger partial charge on any atom is -0.357 e. The topological polar surface area (TPSA) is 61.4 Å². The van der Waals surface area contributed by atoms with E-state index in [-0.39, 0.29) is 12.1 Å². The Balaban J connectivity index is 1.42. The van der Waals surface area contributed by atoms with Gasteiger partial charge in [-0.2, -0.15) is 0 Å². The summed E-state index contributed by atoms with van der Waals surface area (Å²) in [6, 6.07) is 7.97. The SMILES string of the molecule is O=C(Nc1ccc(N2CCCC2)nc1)N1CCCC1c1ccncc1. The second kappa shape index (κ2) is 7.09. The van der Waals surface area contributed by atoms with E-state index in [1.807, 2.05) is 29.2 Å². The average molecular weight is 337 g/mol. The Morgan fingerprint density at radius 3 is 2.56 bits per heavy atom. The van der Waals surface area contributed by atoms with Crippen LogP contribution in [0.4, 0.5) is 16.3 Å². The van der Waals surface area contributed by atoms with Crippen molar-refractivity contribution >= 4 is 17.5 Å². The molecule has 0 spiro atoms. The Kier molecular flexibility index (Phi) is 4.50. The van der Waals surface area contributed by atoms with Gasteiger partial charge in [-0.25, -0.2) is 9.78 Å². The molecule has 2 aliphatic heterocycles. The van der Waals surface area contributed by atoms with Gasteiger partial charge in [0, 0.05) is 32.0 Å². The molecule has 2 aliphatic rings. The molecule has 6 nitrogen and oxygen atoms in total. The van der Waals surface area contributed by atoms with E-state index in [1.54, 1.807) is 18.6 Å². The highest BCUT2D eigenvalue weighted by Crippen LogP contribution is 2.32. The van der Waals surface area contributed by atoms with Crippen molar-refractivity contribution in [1.82, 2.24) is 14.9 Å². The monoisotopic (exact) mass is 337 g/mol. The van der Waals surface area contributed by atoms with Crippen LogP contribution in [0.2, 0.25) is 0 Å². The van der Waals surface area contributed by atoms with Crippen molar-refractivity contribution in [1.29, 1.82) is 0 Å². The summed E-state index contributed by atoms with van der Waals surface area (Å²) in [6.45, 7) is 2.91. The first-order valence-electron chi connectivity index (χ1n) is 9.00. The van der Waals surface area contributed by atoms with Gasteiger partial charge in [0.1, 0.15) is 5.82 Å². The highest BCUT2D eigenvalue weighted by molar-refractivity contribution is 5.89. The van der Waals surface area contributed by atoms with Gasteiger partial charge in [0.15, 0.2) is 0 Å². The number of carbonyl (C=O) groups excluding carboxylic acids is 1. The van der Waals surface area contributed by atoms with Crippen LogP contribution in [0.15, 0.2) is 42.9 Å². The molecule has 6 heteroatoms. The van der Waals surface area contributed by atoms with Gasteiger partial charge in [0.2, 0.25) is 0 Å². The van der Waals surface area contributed by atoms with E-state index >= 15 is 0 Å². The largest absolute Gasteiger partial charge is 0.357 e. The second-order valence-electron chi connectivity index (χ2n) is 6.66. The Bertz CT molecular complexity index is 712. The fourth-order valence-electron chi connectivity index (χ4n) is 3.73. The van der Waals surface area contributed by atoms with Crippen molar-refractivity contribution < 1.29 is 4.79 Å². The molecule has 2 fully saturated rings. The van der Waals surface area contributed by atoms with E-state index in [2.05, 4.69) is 20.2 Å². The number of anilines is 2. The summed E-state index contributed by atoms with van der Waals surface area (Å²) in [6.07, 6.45) is 9.78. The van der Waals surface area contributed by atoms with Gasteiger partial charge < -0.3 is 15.1 Å². The molecule has 0 bridgehead atoms. The van der Waals surface area contributed by atoms with Crippen molar-refractivity contribution in [2.75, 3.05) is 29.9 Å². The van der Waals surface area contributed by atoms with Gasteiger partial charge in [-0.1, -0.05) is 0 Å². The molecule has 0 radical (unpaired) electrons. The van der Waals surface area contributed by atoms with E-state index in [0.29, 0.717) is 0 Å². The molecular formula is C19H23N5O. The summed E-state index contributed by atoms with van der Waals surface area (Å²) in [5.41, 5.74) is 1.89. The molecular weight excluding hydrogens is 314 g/mol. The van der Waals surface area contributed by atoms with Crippen LogP contribution in [0.3, 0.4) is 0 Å². The van der Waals surface area contributed by atoms with E-state index in [4.69, 9.17) is 0 Å². The van der Waals surface area contributed by atoms with Gasteiger partial charge in [-0.05, 0) is 55.5 Å². The Labute approximate surface area is 147 Å². The summed E-state index contributed by atoms with van der Waals surface area (Å²) in [5, 5.41) is 2.99. The highest BCUT2D eigenvalue weighted by atomic mass is 16.2. The number of urea groups is 1. The highest BCUT2D eigenvalue weighted by Gasteiger charge is 2.30. The van der Waals surface area contributed by atoms with E-state index < -0.39 is 0 Å². The van der Waals surface area contributed by atoms with Crippen LogP contribution < -0.4 is 10.2 Å². The summed E-state index contributed by atoms with van der Waals surface area (Å²) >= 11 is 0. The van der Waals surface area contributed by atoms with Gasteiger partial charge in [0.25, 0.3) is 0 Å². The minimum atomic E-state index is -0.0602. The third-order valence-electron chi connectivity index (χ3n) is 5.03. The zero-order valence-corrected chi connectivity index (χ0v) is 14.3. The Hall–Kier alpha value is -2.63. The number of likely N-dealkylation sites (tertiary alicyclic amines) is 1. The lowest BCUT2D eigenvalue weighted by Gasteiger charge is -2.25. The van der Waals surface area contributed by atoms with Crippen LogP contribution in [0.1, 0.15) is 37.3 Å². The van der Waals surface area contributed by atoms with E-state index in [0.717, 1.165) is 49.5 Å². The molecule has 25 heavy (non-hydrogen) atoms. The van der Waals surface area contributed by atoms with Crippen LogP contribution in [0.25, 0.3) is 0 Å². The second-order valence-corrected chi connectivity index (χ2v) is 6.66. The maximum absolute atomic E-state index is 12.7. The fourth-order valence-corrected chi connectivity index (χ4v) is 3.73. The molecule has 4 heterocycles. The van der Waals surface area contributed by atoms with Crippen molar-refractivity contribution in [2.24, 2.45) is 0 Å². The normalized spacial score (nSPS) is 20.1. The molecule has 0 aromatic carbocycles. The van der Waals surface area contributed by atoms with Crippen molar-refractivity contribution in [3.63, 3.8) is 0 Å². The van der Waals surface area contributed by atoms with Gasteiger partial charge in [-0.15, -0.1) is 0 Å². The number of nitrogens with one attached hydrogen (secondary N) is 1. The lowest BCUT2D eigenvalue weighted by Crippen LogP contribution is -2.34. The van der Waals surface area contributed by atoms with Crippen molar-refractivity contribution in [3.05, 3.63) is 48.4 Å². The summed E-state index contributed by atoms with van der Waals surface area (Å²) in [7, 11) is 0. The lowest BCUT2D eigenvalue weighted by molar-refractivity contribution is 0.207. The quantitative estimate of drug-likeness (QED) is 0.932. The molecule has 2 saturated heterocycles. The molecule has 2 aromatic heterocycles. The molecule has 2 amide bonds. The fraction of sp³-hybridized carbons (Fsp3) is 0.421. The summed E-state index contributed by atoms with van der Waals surface area (Å²) in [5.74, 6) is 0.992. The van der Waals surface area contributed by atoms with Crippen LogP contribution in [0, 0.1) is 0 Å². The minimum absolute atomic E-state index is 0.0602. The van der Waals surface area contributed by atoms with Gasteiger partial charge in [-0.3, -0.25) is 4.98 Å². The molecule has 1 atom stereocenters. The summed E-state index contributed by atoms with van der Waals surface area (Å²) < 4.78 is 0. The number of hydrogen-bond donors (Lipinski definition) is 1. The predicted octanol–water partition coefficient (Wildman–Crippen LogP) is 3.45. The standard InChI is InChI=1S/C19H23N5O/c25-19(24-13-3-4-17(24)15-7-9-20-10-8-15)22-16-5-6-18(21-14-16)23-11-1-2-12-23/h5-10,14,17H,1-4,11-13H2,(H,22,25). The average Bonchev–Trinajstić information content (AvgIpc) is 3.35. The number of carbonyl (C=O) groups is 1. The molecule has 2 aromatic rings. The number of nitrogens with zero attached hydrogens (tertiary/aromatic N) is 4. The van der Waals surface area contributed by atoms with E-state index in [1.165, 1.54) is 12.8 Å². The van der Waals surface area contributed by atoms with Gasteiger partial charge in [0.05, 0.1) is 17.9 Å². The molecule has 130 valence electrons. The zero-order valence-electron chi connectivity index (χ0n) is 14.3.